The van der Waals surface area contributed by atoms with E-state index in [1.54, 1.807) is 18.2 Å². The highest BCUT2D eigenvalue weighted by Crippen LogP contribution is 2.23. The topological polar surface area (TPSA) is 52.9 Å². The van der Waals surface area contributed by atoms with Gasteiger partial charge in [0.1, 0.15) is 5.82 Å². The number of amides is 1. The molecule has 1 atom stereocenters. The SMILES string of the molecule is N#CC(CC(=O)NC1CC1)c1ccccc1F. The predicted octanol–water partition coefficient (Wildman–Crippen LogP) is 2.10. The van der Waals surface area contributed by atoms with Gasteiger partial charge in [-0.1, -0.05) is 18.2 Å². The highest BCUT2D eigenvalue weighted by molar-refractivity contribution is 5.78. The summed E-state index contributed by atoms with van der Waals surface area (Å²) < 4.78 is 13.5. The molecule has 0 radical (unpaired) electrons. The van der Waals surface area contributed by atoms with E-state index in [0.717, 1.165) is 12.8 Å². The minimum absolute atomic E-state index is 0.0218. The van der Waals surface area contributed by atoms with Gasteiger partial charge in [-0.3, -0.25) is 4.79 Å². The second-order valence-corrected chi connectivity index (χ2v) is 4.25. The molecule has 3 nitrogen and oxygen atoms in total. The first-order chi connectivity index (χ1) is 8.20. The highest BCUT2D eigenvalue weighted by atomic mass is 19.1. The zero-order valence-electron chi connectivity index (χ0n) is 9.32. The van der Waals surface area contributed by atoms with Gasteiger partial charge in [0.25, 0.3) is 0 Å². The summed E-state index contributed by atoms with van der Waals surface area (Å²) in [4.78, 5) is 11.6. The Morgan fingerprint density at radius 1 is 1.53 bits per heavy atom. The van der Waals surface area contributed by atoms with Crippen LogP contribution in [0.1, 0.15) is 30.7 Å². The summed E-state index contributed by atoms with van der Waals surface area (Å²) in [6, 6.07) is 8.34. The van der Waals surface area contributed by atoms with Crippen LogP contribution < -0.4 is 5.32 Å². The van der Waals surface area contributed by atoms with E-state index in [4.69, 9.17) is 5.26 Å². The van der Waals surface area contributed by atoms with Gasteiger partial charge in [0, 0.05) is 18.0 Å². The molecular formula is C13H13FN2O. The Kier molecular flexibility index (Phi) is 3.38. The van der Waals surface area contributed by atoms with E-state index in [1.165, 1.54) is 6.07 Å². The average molecular weight is 232 g/mol. The average Bonchev–Trinajstić information content (AvgIpc) is 3.11. The number of rotatable bonds is 4. The molecule has 17 heavy (non-hydrogen) atoms. The van der Waals surface area contributed by atoms with Gasteiger partial charge in [0.05, 0.1) is 12.0 Å². The number of hydrogen-bond donors (Lipinski definition) is 1. The minimum Gasteiger partial charge on any atom is -0.353 e. The minimum atomic E-state index is -0.713. The maximum Gasteiger partial charge on any atom is 0.221 e. The molecule has 4 heteroatoms. The quantitative estimate of drug-likeness (QED) is 0.864. The lowest BCUT2D eigenvalue weighted by Crippen LogP contribution is -2.26. The van der Waals surface area contributed by atoms with E-state index in [-0.39, 0.29) is 18.4 Å². The molecule has 0 aliphatic heterocycles. The van der Waals surface area contributed by atoms with Crippen molar-refractivity contribution in [2.24, 2.45) is 0 Å². The molecule has 1 N–H and O–H groups in total. The second kappa shape index (κ2) is 4.96. The molecule has 0 saturated heterocycles. The van der Waals surface area contributed by atoms with Gasteiger partial charge < -0.3 is 5.32 Å². The molecular weight excluding hydrogens is 219 g/mol. The van der Waals surface area contributed by atoms with Gasteiger partial charge in [-0.25, -0.2) is 4.39 Å². The van der Waals surface area contributed by atoms with Crippen LogP contribution in [0.15, 0.2) is 24.3 Å². The predicted molar refractivity (Wildman–Crippen MR) is 60.5 cm³/mol. The summed E-state index contributed by atoms with van der Waals surface area (Å²) in [5, 5.41) is 11.8. The van der Waals surface area contributed by atoms with Crippen LogP contribution >= 0.6 is 0 Å². The van der Waals surface area contributed by atoms with E-state index in [0.29, 0.717) is 5.56 Å². The van der Waals surface area contributed by atoms with Crippen molar-refractivity contribution in [2.45, 2.75) is 31.2 Å². The maximum absolute atomic E-state index is 13.5. The summed E-state index contributed by atoms with van der Waals surface area (Å²) in [6.45, 7) is 0. The standard InChI is InChI=1S/C13H13FN2O/c14-12-4-2-1-3-11(12)9(8-15)7-13(17)16-10-5-6-10/h1-4,9-10H,5-7H2,(H,16,17). The molecule has 1 fully saturated rings. The van der Waals surface area contributed by atoms with Gasteiger partial charge >= 0.3 is 0 Å². The van der Waals surface area contributed by atoms with Crippen LogP contribution in [0.5, 0.6) is 0 Å². The lowest BCUT2D eigenvalue weighted by molar-refractivity contribution is -0.121. The number of nitrogens with zero attached hydrogens (tertiary/aromatic N) is 1. The Morgan fingerprint density at radius 3 is 2.82 bits per heavy atom. The second-order valence-electron chi connectivity index (χ2n) is 4.25. The van der Waals surface area contributed by atoms with Crippen molar-refractivity contribution in [3.63, 3.8) is 0 Å². The monoisotopic (exact) mass is 232 g/mol. The van der Waals surface area contributed by atoms with Crippen LogP contribution in [0, 0.1) is 17.1 Å². The molecule has 88 valence electrons. The number of hydrogen-bond acceptors (Lipinski definition) is 2. The molecule has 1 saturated carbocycles. The fourth-order valence-corrected chi connectivity index (χ4v) is 1.68. The number of carbonyl (C=O) groups excluding carboxylic acids is 1. The molecule has 1 aromatic rings. The van der Waals surface area contributed by atoms with Gasteiger partial charge in [-0.2, -0.15) is 5.26 Å². The zero-order valence-corrected chi connectivity index (χ0v) is 9.32. The number of nitrogens with one attached hydrogen (secondary N) is 1. The molecule has 0 bridgehead atoms. The van der Waals surface area contributed by atoms with Crippen LogP contribution in [-0.2, 0) is 4.79 Å². The van der Waals surface area contributed by atoms with Crippen molar-refractivity contribution in [2.75, 3.05) is 0 Å². The fourth-order valence-electron chi connectivity index (χ4n) is 1.68. The Balaban J connectivity index is 2.03. The van der Waals surface area contributed by atoms with E-state index in [2.05, 4.69) is 5.32 Å². The normalized spacial score (nSPS) is 16.0. The van der Waals surface area contributed by atoms with Crippen LogP contribution in [0.2, 0.25) is 0 Å². The molecule has 0 spiro atoms. The lowest BCUT2D eigenvalue weighted by Gasteiger charge is -2.10. The fraction of sp³-hybridized carbons (Fsp3) is 0.385. The van der Waals surface area contributed by atoms with Gasteiger partial charge in [-0.15, -0.1) is 0 Å². The van der Waals surface area contributed by atoms with E-state index in [1.807, 2.05) is 6.07 Å². The van der Waals surface area contributed by atoms with Crippen molar-refractivity contribution in [3.05, 3.63) is 35.6 Å². The number of nitriles is 1. The van der Waals surface area contributed by atoms with Crippen molar-refractivity contribution in [1.29, 1.82) is 5.26 Å². The summed E-state index contributed by atoms with van der Waals surface area (Å²) in [5.41, 5.74) is 0.293. The zero-order chi connectivity index (χ0) is 12.3. The summed E-state index contributed by atoms with van der Waals surface area (Å²) in [6.07, 6.45) is 2.03. The summed E-state index contributed by atoms with van der Waals surface area (Å²) in [7, 11) is 0. The summed E-state index contributed by atoms with van der Waals surface area (Å²) in [5.74, 6) is -1.32. The largest absolute Gasteiger partial charge is 0.353 e. The third kappa shape index (κ3) is 3.04. The first-order valence-electron chi connectivity index (χ1n) is 5.64. The lowest BCUT2D eigenvalue weighted by atomic mass is 9.96. The molecule has 1 unspecified atom stereocenters. The van der Waals surface area contributed by atoms with Gasteiger partial charge in [0.15, 0.2) is 0 Å². The molecule has 1 aliphatic rings. The summed E-state index contributed by atoms with van der Waals surface area (Å²) >= 11 is 0. The van der Waals surface area contributed by atoms with Gasteiger partial charge in [0.2, 0.25) is 5.91 Å². The smallest absolute Gasteiger partial charge is 0.221 e. The molecule has 2 rings (SSSR count). The molecule has 0 aromatic heterocycles. The Morgan fingerprint density at radius 2 is 2.24 bits per heavy atom. The Hall–Kier alpha value is -1.89. The van der Waals surface area contributed by atoms with Crippen molar-refractivity contribution < 1.29 is 9.18 Å². The number of halogens is 1. The van der Waals surface area contributed by atoms with Crippen molar-refractivity contribution >= 4 is 5.91 Å². The van der Waals surface area contributed by atoms with Crippen molar-refractivity contribution in [3.8, 4) is 6.07 Å². The van der Waals surface area contributed by atoms with Crippen molar-refractivity contribution in [1.82, 2.24) is 5.32 Å². The van der Waals surface area contributed by atoms with E-state index in [9.17, 15) is 9.18 Å². The van der Waals surface area contributed by atoms with E-state index >= 15 is 0 Å². The first kappa shape index (κ1) is 11.6. The maximum atomic E-state index is 13.5. The van der Waals surface area contributed by atoms with Crippen LogP contribution in [0.25, 0.3) is 0 Å². The third-order valence-electron chi connectivity index (χ3n) is 2.77. The van der Waals surface area contributed by atoms with Crippen LogP contribution in [0.3, 0.4) is 0 Å². The molecule has 1 aromatic carbocycles. The van der Waals surface area contributed by atoms with Crippen LogP contribution in [0.4, 0.5) is 4.39 Å². The Labute approximate surface area is 99.2 Å². The number of benzene rings is 1. The first-order valence-corrected chi connectivity index (χ1v) is 5.64. The Bertz CT molecular complexity index is 463. The van der Waals surface area contributed by atoms with Gasteiger partial charge in [-0.05, 0) is 18.9 Å². The van der Waals surface area contributed by atoms with Crippen LogP contribution in [-0.4, -0.2) is 11.9 Å². The molecule has 0 heterocycles. The molecule has 1 aliphatic carbocycles. The molecule has 1 amide bonds. The number of carbonyl (C=O) groups is 1. The van der Waals surface area contributed by atoms with E-state index < -0.39 is 11.7 Å². The third-order valence-corrected chi connectivity index (χ3v) is 2.77. The highest BCUT2D eigenvalue weighted by Gasteiger charge is 2.25.